The lowest BCUT2D eigenvalue weighted by atomic mass is 10.3. The van der Waals surface area contributed by atoms with E-state index in [0.717, 1.165) is 0 Å². The highest BCUT2D eigenvalue weighted by Gasteiger charge is 2.41. The largest absolute Gasteiger partial charge is 0.471 e. The topological polar surface area (TPSA) is 55.6 Å². The number of nitrogens with two attached hydrogens (primary N) is 1. The second-order valence-corrected chi connectivity index (χ2v) is 2.92. The molecule has 2 N–H and O–H groups in total. The van der Waals surface area contributed by atoms with Gasteiger partial charge >= 0.3 is 12.1 Å². The van der Waals surface area contributed by atoms with Crippen LogP contribution in [0.3, 0.4) is 0 Å². The average Bonchev–Trinajstić information content (AvgIpc) is 2.16. The van der Waals surface area contributed by atoms with Gasteiger partial charge in [-0.1, -0.05) is 0 Å². The maximum absolute atomic E-state index is 12.1. The van der Waals surface area contributed by atoms with E-state index in [4.69, 9.17) is 5.73 Å². The van der Waals surface area contributed by atoms with Crippen molar-refractivity contribution in [3.05, 3.63) is 0 Å². The number of carbonyl (C=O) groups is 1. The summed E-state index contributed by atoms with van der Waals surface area (Å²) in [4.78, 5) is 11.6. The Kier molecular flexibility index (Phi) is 6.26. The lowest BCUT2D eigenvalue weighted by Crippen LogP contribution is -2.43. The van der Waals surface area contributed by atoms with Gasteiger partial charge in [0.15, 0.2) is 0 Å². The third-order valence-electron chi connectivity index (χ3n) is 1.73. The summed E-state index contributed by atoms with van der Waals surface area (Å²) in [5, 5.41) is 0. The van der Waals surface area contributed by atoms with Crippen LogP contribution in [0.2, 0.25) is 0 Å². The zero-order valence-electron chi connectivity index (χ0n) is 8.51. The van der Waals surface area contributed by atoms with Crippen LogP contribution in [0.4, 0.5) is 13.2 Å². The van der Waals surface area contributed by atoms with Crippen LogP contribution in [0.1, 0.15) is 6.42 Å². The molecule has 0 spiro atoms. The average molecular weight is 228 g/mol. The van der Waals surface area contributed by atoms with Crippen LogP contribution < -0.4 is 5.73 Å². The lowest BCUT2D eigenvalue weighted by molar-refractivity contribution is -0.186. The molecule has 0 fully saturated rings. The molecule has 0 bridgehead atoms. The number of halogens is 3. The second-order valence-electron chi connectivity index (χ2n) is 2.92. The fraction of sp³-hybridized carbons (Fsp3) is 0.875. The van der Waals surface area contributed by atoms with Crippen LogP contribution in [-0.2, 0) is 9.53 Å². The second kappa shape index (κ2) is 6.62. The predicted octanol–water partition coefficient (Wildman–Crippen LogP) is 0.373. The Labute approximate surface area is 86.2 Å². The van der Waals surface area contributed by atoms with Gasteiger partial charge in [0.05, 0.1) is 6.61 Å². The maximum atomic E-state index is 12.1. The van der Waals surface area contributed by atoms with Gasteiger partial charge in [-0.25, -0.2) is 0 Å². The minimum atomic E-state index is -4.83. The number of rotatable bonds is 6. The van der Waals surface area contributed by atoms with Crippen molar-refractivity contribution in [1.82, 2.24) is 4.90 Å². The summed E-state index contributed by atoms with van der Waals surface area (Å²) in [6.45, 7) is 0.244. The van der Waals surface area contributed by atoms with E-state index < -0.39 is 12.1 Å². The van der Waals surface area contributed by atoms with E-state index in [0.29, 0.717) is 11.3 Å². The molecule has 0 heterocycles. The number of carbonyl (C=O) groups excluding carboxylic acids is 1. The molecule has 0 aliphatic rings. The van der Waals surface area contributed by atoms with E-state index in [1.165, 1.54) is 7.11 Å². The normalized spacial score (nSPS) is 11.5. The van der Waals surface area contributed by atoms with Crippen molar-refractivity contribution in [1.29, 1.82) is 0 Å². The smallest absolute Gasteiger partial charge is 0.383 e. The molecule has 0 saturated heterocycles. The first-order valence-corrected chi connectivity index (χ1v) is 4.48. The summed E-state index contributed by atoms with van der Waals surface area (Å²) >= 11 is 0. The Morgan fingerprint density at radius 1 is 1.40 bits per heavy atom. The first-order chi connectivity index (χ1) is 6.93. The van der Waals surface area contributed by atoms with E-state index >= 15 is 0 Å². The van der Waals surface area contributed by atoms with Gasteiger partial charge < -0.3 is 15.4 Å². The van der Waals surface area contributed by atoms with E-state index in [1.54, 1.807) is 0 Å². The van der Waals surface area contributed by atoms with Gasteiger partial charge in [-0.05, 0) is 13.0 Å². The highest BCUT2D eigenvalue weighted by atomic mass is 19.4. The minimum absolute atomic E-state index is 0.00178. The standard InChI is InChI=1S/C8H15F3N2O2/c1-15-6-5-13(4-2-3-12)7(14)8(9,10)11/h2-6,12H2,1H3. The van der Waals surface area contributed by atoms with Gasteiger partial charge in [-0.2, -0.15) is 13.2 Å². The summed E-state index contributed by atoms with van der Waals surface area (Å²) in [5.41, 5.74) is 5.16. The van der Waals surface area contributed by atoms with E-state index in [1.807, 2.05) is 0 Å². The molecule has 4 nitrogen and oxygen atoms in total. The molecule has 0 atom stereocenters. The van der Waals surface area contributed by atoms with Crippen LogP contribution in [0.5, 0.6) is 0 Å². The number of amides is 1. The molecule has 90 valence electrons. The van der Waals surface area contributed by atoms with Gasteiger partial charge in [0.1, 0.15) is 0 Å². The number of hydrogen-bond acceptors (Lipinski definition) is 3. The molecule has 0 unspecified atom stereocenters. The zero-order chi connectivity index (χ0) is 11.9. The minimum Gasteiger partial charge on any atom is -0.383 e. The fourth-order valence-corrected chi connectivity index (χ4v) is 0.978. The molecule has 0 aliphatic heterocycles. The summed E-state index contributed by atoms with van der Waals surface area (Å²) in [7, 11) is 1.36. The molecular weight excluding hydrogens is 213 g/mol. The summed E-state index contributed by atoms with van der Waals surface area (Å²) < 4.78 is 40.9. The van der Waals surface area contributed by atoms with Crippen molar-refractivity contribution in [3.8, 4) is 0 Å². The molecule has 7 heteroatoms. The molecular formula is C8H15F3N2O2. The molecule has 0 aliphatic carbocycles. The van der Waals surface area contributed by atoms with Crippen LogP contribution in [0, 0.1) is 0 Å². The summed E-state index contributed by atoms with van der Waals surface area (Å²) in [5.74, 6) is -1.84. The van der Waals surface area contributed by atoms with Crippen molar-refractivity contribution in [3.63, 3.8) is 0 Å². The molecule has 0 aromatic heterocycles. The third kappa shape index (κ3) is 5.58. The number of hydrogen-bond donors (Lipinski definition) is 1. The molecule has 0 saturated carbocycles. The Bertz CT molecular complexity index is 189. The Morgan fingerprint density at radius 3 is 2.40 bits per heavy atom. The highest BCUT2D eigenvalue weighted by Crippen LogP contribution is 2.18. The number of ether oxygens (including phenoxy) is 1. The van der Waals surface area contributed by atoms with Crippen LogP contribution in [0.25, 0.3) is 0 Å². The Morgan fingerprint density at radius 2 is 2.00 bits per heavy atom. The van der Waals surface area contributed by atoms with Crippen molar-refractivity contribution in [2.45, 2.75) is 12.6 Å². The lowest BCUT2D eigenvalue weighted by Gasteiger charge is -2.23. The van der Waals surface area contributed by atoms with Gasteiger partial charge in [0, 0.05) is 20.2 Å². The summed E-state index contributed by atoms with van der Waals surface area (Å²) in [6, 6.07) is 0. The van der Waals surface area contributed by atoms with E-state index in [2.05, 4.69) is 4.74 Å². The molecule has 0 aromatic rings. The van der Waals surface area contributed by atoms with Gasteiger partial charge in [-0.15, -0.1) is 0 Å². The molecule has 0 aromatic carbocycles. The monoisotopic (exact) mass is 228 g/mol. The fourth-order valence-electron chi connectivity index (χ4n) is 0.978. The maximum Gasteiger partial charge on any atom is 0.471 e. The van der Waals surface area contributed by atoms with Crippen molar-refractivity contribution < 1.29 is 22.7 Å². The quantitative estimate of drug-likeness (QED) is 0.714. The first kappa shape index (κ1) is 14.2. The Hall–Kier alpha value is -0.820. The van der Waals surface area contributed by atoms with Crippen molar-refractivity contribution in [2.75, 3.05) is 33.4 Å². The third-order valence-corrected chi connectivity index (χ3v) is 1.73. The molecule has 15 heavy (non-hydrogen) atoms. The van der Waals surface area contributed by atoms with Crippen LogP contribution >= 0.6 is 0 Å². The van der Waals surface area contributed by atoms with Gasteiger partial charge in [0.25, 0.3) is 0 Å². The summed E-state index contributed by atoms with van der Waals surface area (Å²) in [6.07, 6.45) is -4.49. The molecule has 0 radical (unpaired) electrons. The number of methoxy groups -OCH3 is 1. The van der Waals surface area contributed by atoms with Crippen molar-refractivity contribution in [2.24, 2.45) is 5.73 Å². The number of alkyl halides is 3. The number of nitrogens with zero attached hydrogens (tertiary/aromatic N) is 1. The Balaban J connectivity index is 4.27. The van der Waals surface area contributed by atoms with E-state index in [9.17, 15) is 18.0 Å². The van der Waals surface area contributed by atoms with Crippen molar-refractivity contribution >= 4 is 5.91 Å². The van der Waals surface area contributed by atoms with Gasteiger partial charge in [0.2, 0.25) is 0 Å². The SMILES string of the molecule is COCCN(CCCN)C(=O)C(F)(F)F. The first-order valence-electron chi connectivity index (χ1n) is 4.48. The molecule has 0 rings (SSSR count). The zero-order valence-corrected chi connectivity index (χ0v) is 8.51. The highest BCUT2D eigenvalue weighted by molar-refractivity contribution is 5.81. The van der Waals surface area contributed by atoms with E-state index in [-0.39, 0.29) is 26.2 Å². The van der Waals surface area contributed by atoms with Crippen LogP contribution in [0.15, 0.2) is 0 Å². The van der Waals surface area contributed by atoms with Crippen LogP contribution in [-0.4, -0.2) is 50.3 Å². The predicted molar refractivity (Wildman–Crippen MR) is 48.2 cm³/mol. The van der Waals surface area contributed by atoms with Gasteiger partial charge in [-0.3, -0.25) is 4.79 Å². The molecule has 1 amide bonds.